The van der Waals surface area contributed by atoms with Crippen LogP contribution >= 0.6 is 11.3 Å². The maximum atomic E-state index is 12.4. The molecule has 0 aliphatic heterocycles. The first kappa shape index (κ1) is 17.7. The summed E-state index contributed by atoms with van der Waals surface area (Å²) in [6, 6.07) is 11.3. The minimum atomic E-state index is -0.109. The third-order valence-electron chi connectivity index (χ3n) is 3.24. The Morgan fingerprint density at radius 1 is 1.25 bits per heavy atom. The van der Waals surface area contributed by atoms with Crippen molar-refractivity contribution in [3.05, 3.63) is 70.9 Å². The summed E-state index contributed by atoms with van der Waals surface area (Å²) in [6.07, 6.45) is 5.05. The number of nitrogens with zero attached hydrogens (tertiary/aromatic N) is 1. The fourth-order valence-electron chi connectivity index (χ4n) is 2.13. The molecule has 2 aromatic rings. The van der Waals surface area contributed by atoms with E-state index in [1.54, 1.807) is 46.6 Å². The van der Waals surface area contributed by atoms with Gasteiger partial charge in [0.25, 0.3) is 0 Å². The van der Waals surface area contributed by atoms with E-state index in [1.807, 2.05) is 29.6 Å². The molecule has 1 N–H and O–H groups in total. The molecule has 5 heteroatoms. The zero-order valence-electron chi connectivity index (χ0n) is 13.6. The molecule has 0 aliphatic rings. The topological polar surface area (TPSA) is 49.4 Å². The Morgan fingerprint density at radius 2 is 2.00 bits per heavy atom. The van der Waals surface area contributed by atoms with Crippen molar-refractivity contribution in [2.75, 3.05) is 11.9 Å². The molecule has 2 amide bonds. The fraction of sp³-hybridized carbons (Fsp3) is 0.158. The smallest absolute Gasteiger partial charge is 0.247 e. The SMILES string of the molecule is C=CCN(Cc1cccs1)C(=O)/C=C/c1ccc(NC(C)=O)cc1. The molecule has 1 aromatic carbocycles. The monoisotopic (exact) mass is 340 g/mol. The Hall–Kier alpha value is -2.66. The Morgan fingerprint density at radius 3 is 2.58 bits per heavy atom. The van der Waals surface area contributed by atoms with Crippen LogP contribution in [-0.4, -0.2) is 23.3 Å². The molecule has 0 saturated heterocycles. The highest BCUT2D eigenvalue weighted by Gasteiger charge is 2.10. The van der Waals surface area contributed by atoms with Crippen LogP contribution in [0.4, 0.5) is 5.69 Å². The van der Waals surface area contributed by atoms with E-state index >= 15 is 0 Å². The molecule has 24 heavy (non-hydrogen) atoms. The van der Waals surface area contributed by atoms with Crippen LogP contribution in [0.1, 0.15) is 17.4 Å². The number of carbonyl (C=O) groups excluding carboxylic acids is 2. The Kier molecular flexibility index (Phi) is 6.51. The maximum Gasteiger partial charge on any atom is 0.247 e. The molecule has 0 saturated carbocycles. The van der Waals surface area contributed by atoms with Gasteiger partial charge in [-0.1, -0.05) is 24.3 Å². The molecule has 1 aromatic heterocycles. The molecule has 0 radical (unpaired) electrons. The van der Waals surface area contributed by atoms with Crippen molar-refractivity contribution >= 4 is 34.9 Å². The molecular weight excluding hydrogens is 320 g/mol. The average Bonchev–Trinajstić information content (AvgIpc) is 3.06. The van der Waals surface area contributed by atoms with Crippen molar-refractivity contribution in [1.29, 1.82) is 0 Å². The third-order valence-corrected chi connectivity index (χ3v) is 4.10. The Bertz CT molecular complexity index is 718. The largest absolute Gasteiger partial charge is 0.330 e. The molecule has 4 nitrogen and oxygen atoms in total. The van der Waals surface area contributed by atoms with Crippen molar-refractivity contribution in [3.8, 4) is 0 Å². The van der Waals surface area contributed by atoms with Crippen molar-refractivity contribution in [2.24, 2.45) is 0 Å². The standard InChI is InChI=1S/C19H20N2O2S/c1-3-12-21(14-18-5-4-13-24-18)19(23)11-8-16-6-9-17(10-7-16)20-15(2)22/h3-11,13H,1,12,14H2,2H3,(H,20,22)/b11-8+. The summed E-state index contributed by atoms with van der Waals surface area (Å²) in [6.45, 7) is 6.26. The number of amides is 2. The van der Waals surface area contributed by atoms with Crippen molar-refractivity contribution in [2.45, 2.75) is 13.5 Å². The lowest BCUT2D eigenvalue weighted by Gasteiger charge is -2.18. The van der Waals surface area contributed by atoms with Gasteiger partial charge in [0.15, 0.2) is 0 Å². The number of nitrogens with one attached hydrogen (secondary N) is 1. The molecule has 0 atom stereocenters. The van der Waals surface area contributed by atoms with Crippen LogP contribution in [0, 0.1) is 0 Å². The molecule has 0 spiro atoms. The summed E-state index contributed by atoms with van der Waals surface area (Å²) in [5.74, 6) is -0.170. The van der Waals surface area contributed by atoms with E-state index in [2.05, 4.69) is 11.9 Å². The summed E-state index contributed by atoms with van der Waals surface area (Å²) in [4.78, 5) is 26.3. The van der Waals surface area contributed by atoms with Gasteiger partial charge in [-0.3, -0.25) is 9.59 Å². The molecule has 2 rings (SSSR count). The van der Waals surface area contributed by atoms with Gasteiger partial charge in [-0.05, 0) is 35.2 Å². The van der Waals surface area contributed by atoms with Gasteiger partial charge < -0.3 is 10.2 Å². The number of anilines is 1. The van der Waals surface area contributed by atoms with Crippen molar-refractivity contribution in [3.63, 3.8) is 0 Å². The van der Waals surface area contributed by atoms with E-state index in [1.165, 1.54) is 6.92 Å². The van der Waals surface area contributed by atoms with E-state index in [-0.39, 0.29) is 11.8 Å². The first-order chi connectivity index (χ1) is 11.6. The summed E-state index contributed by atoms with van der Waals surface area (Å²) in [5, 5.41) is 4.71. The van der Waals surface area contributed by atoms with Gasteiger partial charge in [0.2, 0.25) is 11.8 Å². The summed E-state index contributed by atoms with van der Waals surface area (Å²) in [5.41, 5.74) is 1.63. The molecule has 0 unspecified atom stereocenters. The minimum absolute atomic E-state index is 0.0609. The zero-order valence-corrected chi connectivity index (χ0v) is 14.4. The lowest BCUT2D eigenvalue weighted by Crippen LogP contribution is -2.28. The highest BCUT2D eigenvalue weighted by molar-refractivity contribution is 7.09. The summed E-state index contributed by atoms with van der Waals surface area (Å²) in [7, 11) is 0. The third kappa shape index (κ3) is 5.52. The molecular formula is C19H20N2O2S. The number of thiophene rings is 1. The van der Waals surface area contributed by atoms with Gasteiger partial charge in [-0.2, -0.15) is 0 Å². The Labute approximate surface area is 146 Å². The maximum absolute atomic E-state index is 12.4. The lowest BCUT2D eigenvalue weighted by atomic mass is 10.2. The van der Waals surface area contributed by atoms with Crippen LogP contribution in [0.5, 0.6) is 0 Å². The van der Waals surface area contributed by atoms with Gasteiger partial charge in [-0.15, -0.1) is 17.9 Å². The summed E-state index contributed by atoms with van der Waals surface area (Å²) >= 11 is 1.63. The summed E-state index contributed by atoms with van der Waals surface area (Å²) < 4.78 is 0. The molecule has 1 heterocycles. The van der Waals surface area contributed by atoms with E-state index in [4.69, 9.17) is 0 Å². The van der Waals surface area contributed by atoms with Crippen LogP contribution in [0.2, 0.25) is 0 Å². The van der Waals surface area contributed by atoms with Crippen LogP contribution in [0.25, 0.3) is 6.08 Å². The second-order valence-electron chi connectivity index (χ2n) is 5.22. The van der Waals surface area contributed by atoms with Gasteiger partial charge >= 0.3 is 0 Å². The first-order valence-electron chi connectivity index (χ1n) is 7.56. The van der Waals surface area contributed by atoms with E-state index in [0.29, 0.717) is 13.1 Å². The van der Waals surface area contributed by atoms with Crippen LogP contribution in [0.15, 0.2) is 60.5 Å². The van der Waals surface area contributed by atoms with Crippen LogP contribution in [0.3, 0.4) is 0 Å². The van der Waals surface area contributed by atoms with E-state index < -0.39 is 0 Å². The van der Waals surface area contributed by atoms with Crippen molar-refractivity contribution in [1.82, 2.24) is 4.90 Å². The quantitative estimate of drug-likeness (QED) is 0.613. The number of carbonyl (C=O) groups is 2. The number of hydrogen-bond donors (Lipinski definition) is 1. The highest BCUT2D eigenvalue weighted by Crippen LogP contribution is 2.14. The molecule has 0 fully saturated rings. The van der Waals surface area contributed by atoms with E-state index in [9.17, 15) is 9.59 Å². The zero-order chi connectivity index (χ0) is 17.4. The number of hydrogen-bond acceptors (Lipinski definition) is 3. The first-order valence-corrected chi connectivity index (χ1v) is 8.44. The molecule has 124 valence electrons. The van der Waals surface area contributed by atoms with Gasteiger partial charge in [0, 0.05) is 30.1 Å². The number of benzene rings is 1. The highest BCUT2D eigenvalue weighted by atomic mass is 32.1. The predicted molar refractivity (Wildman–Crippen MR) is 99.7 cm³/mol. The average molecular weight is 340 g/mol. The molecule has 0 bridgehead atoms. The lowest BCUT2D eigenvalue weighted by molar-refractivity contribution is -0.126. The number of rotatable bonds is 7. The van der Waals surface area contributed by atoms with Crippen LogP contribution < -0.4 is 5.32 Å². The van der Waals surface area contributed by atoms with Crippen molar-refractivity contribution < 1.29 is 9.59 Å². The van der Waals surface area contributed by atoms with Crippen LogP contribution in [-0.2, 0) is 16.1 Å². The van der Waals surface area contributed by atoms with Gasteiger partial charge in [0.1, 0.15) is 0 Å². The molecule has 0 aliphatic carbocycles. The van der Waals surface area contributed by atoms with Gasteiger partial charge in [-0.25, -0.2) is 0 Å². The fourth-order valence-corrected chi connectivity index (χ4v) is 2.85. The second kappa shape index (κ2) is 8.84. The predicted octanol–water partition coefficient (Wildman–Crippen LogP) is 3.93. The van der Waals surface area contributed by atoms with E-state index in [0.717, 1.165) is 16.1 Å². The second-order valence-corrected chi connectivity index (χ2v) is 6.26. The normalized spacial score (nSPS) is 10.5. The van der Waals surface area contributed by atoms with Gasteiger partial charge in [0.05, 0.1) is 6.54 Å². The minimum Gasteiger partial charge on any atom is -0.330 e. The Balaban J connectivity index is 2.01.